The van der Waals surface area contributed by atoms with E-state index in [1.54, 1.807) is 0 Å². The number of benzene rings is 1. The third kappa shape index (κ3) is 2.98. The Morgan fingerprint density at radius 3 is 2.83 bits per heavy atom. The molecule has 0 N–H and O–H groups in total. The number of aromatic nitrogens is 1. The Hall–Kier alpha value is -2.23. The van der Waals surface area contributed by atoms with E-state index in [0.717, 1.165) is 41.4 Å². The van der Waals surface area contributed by atoms with Crippen LogP contribution in [0.25, 0.3) is 10.9 Å². The van der Waals surface area contributed by atoms with Gasteiger partial charge in [-0.05, 0) is 44.2 Å². The summed E-state index contributed by atoms with van der Waals surface area (Å²) in [5, 5.41) is 0.787. The Labute approximate surface area is 135 Å². The topological polar surface area (TPSA) is 56.3 Å². The maximum Gasteiger partial charge on any atom is 0.339 e. The lowest BCUT2D eigenvalue weighted by molar-refractivity contribution is -0.129. The van der Waals surface area contributed by atoms with E-state index < -0.39 is 12.1 Å². The molecule has 1 aliphatic rings. The highest BCUT2D eigenvalue weighted by Crippen LogP contribution is 2.26. The summed E-state index contributed by atoms with van der Waals surface area (Å²) in [7, 11) is 0. The van der Waals surface area contributed by atoms with Crippen LogP contribution in [-0.2, 0) is 16.0 Å². The van der Waals surface area contributed by atoms with E-state index in [9.17, 15) is 9.59 Å². The van der Waals surface area contributed by atoms with Crippen molar-refractivity contribution in [1.29, 1.82) is 0 Å². The molecule has 3 rings (SSSR count). The van der Waals surface area contributed by atoms with Crippen molar-refractivity contribution in [2.45, 2.75) is 52.1 Å². The lowest BCUT2D eigenvalue weighted by atomic mass is 9.96. The van der Waals surface area contributed by atoms with Crippen molar-refractivity contribution in [2.75, 3.05) is 0 Å². The molecule has 0 bridgehead atoms. The first kappa shape index (κ1) is 15.7. The molecule has 23 heavy (non-hydrogen) atoms. The molecule has 1 aromatic carbocycles. The molecule has 1 aromatic heterocycles. The highest BCUT2D eigenvalue weighted by Gasteiger charge is 2.28. The molecular weight excluding hydrogens is 290 g/mol. The summed E-state index contributed by atoms with van der Waals surface area (Å²) in [5.41, 5.74) is 3.08. The van der Waals surface area contributed by atoms with Crippen LogP contribution in [0.15, 0.2) is 24.3 Å². The van der Waals surface area contributed by atoms with Gasteiger partial charge in [-0.15, -0.1) is 0 Å². The first-order chi connectivity index (χ1) is 11.1. The number of carbonyl (C=O) groups is 2. The van der Waals surface area contributed by atoms with Crippen LogP contribution in [0.5, 0.6) is 0 Å². The van der Waals surface area contributed by atoms with E-state index in [1.165, 1.54) is 0 Å². The lowest BCUT2D eigenvalue weighted by Gasteiger charge is -2.22. The first-order valence-corrected chi connectivity index (χ1v) is 8.23. The molecule has 0 saturated heterocycles. The van der Waals surface area contributed by atoms with Gasteiger partial charge in [-0.25, -0.2) is 4.79 Å². The van der Waals surface area contributed by atoms with E-state index in [0.29, 0.717) is 18.4 Å². The third-order valence-electron chi connectivity index (χ3n) is 4.52. The zero-order valence-electron chi connectivity index (χ0n) is 13.6. The van der Waals surface area contributed by atoms with Crippen molar-refractivity contribution in [3.63, 3.8) is 0 Å². The smallest absolute Gasteiger partial charge is 0.339 e. The van der Waals surface area contributed by atoms with Gasteiger partial charge in [0.05, 0.1) is 11.1 Å². The Bertz CT molecular complexity index is 767. The van der Waals surface area contributed by atoms with Crippen molar-refractivity contribution in [3.8, 4) is 0 Å². The van der Waals surface area contributed by atoms with Crippen LogP contribution in [0.4, 0.5) is 0 Å². The second kappa shape index (κ2) is 6.49. The van der Waals surface area contributed by atoms with Gasteiger partial charge in [0.25, 0.3) is 0 Å². The van der Waals surface area contributed by atoms with Gasteiger partial charge >= 0.3 is 5.97 Å². The van der Waals surface area contributed by atoms with E-state index in [-0.39, 0.29) is 5.78 Å². The second-order valence-corrected chi connectivity index (χ2v) is 6.04. The highest BCUT2D eigenvalue weighted by molar-refractivity contribution is 6.05. The molecule has 4 heteroatoms. The van der Waals surface area contributed by atoms with Gasteiger partial charge in [-0.3, -0.25) is 9.78 Å². The molecule has 4 nitrogen and oxygen atoms in total. The van der Waals surface area contributed by atoms with E-state index in [2.05, 4.69) is 4.98 Å². The standard InChI is InChI=1S/C19H21NO3/c1-3-14-12(2)18(13-8-4-5-9-15(13)20-14)19(22)23-17-11-7-6-10-16(17)21/h4-5,8-9,17H,3,6-7,10-11H2,1-2H3/t17-/m1/s1. The summed E-state index contributed by atoms with van der Waals surface area (Å²) < 4.78 is 5.56. The number of aryl methyl sites for hydroxylation is 1. The molecule has 0 amide bonds. The average molecular weight is 311 g/mol. The number of ether oxygens (including phenoxy) is 1. The summed E-state index contributed by atoms with van der Waals surface area (Å²) in [4.78, 5) is 29.3. The zero-order chi connectivity index (χ0) is 16.4. The van der Waals surface area contributed by atoms with Crippen molar-refractivity contribution < 1.29 is 14.3 Å². The van der Waals surface area contributed by atoms with Crippen LogP contribution >= 0.6 is 0 Å². The molecule has 0 aliphatic heterocycles. The number of rotatable bonds is 3. The molecular formula is C19H21NO3. The Balaban J connectivity index is 2.02. The minimum absolute atomic E-state index is 0.0383. The van der Waals surface area contributed by atoms with E-state index in [4.69, 9.17) is 4.74 Å². The number of hydrogen-bond acceptors (Lipinski definition) is 4. The van der Waals surface area contributed by atoms with Gasteiger partial charge in [0.15, 0.2) is 11.9 Å². The van der Waals surface area contributed by atoms with Crippen molar-refractivity contribution in [2.24, 2.45) is 0 Å². The SMILES string of the molecule is CCc1nc2ccccc2c(C(=O)O[C@@H]2CCCCC2=O)c1C. The van der Waals surface area contributed by atoms with Crippen molar-refractivity contribution >= 4 is 22.7 Å². The molecule has 120 valence electrons. The Kier molecular flexibility index (Phi) is 4.42. The molecule has 1 fully saturated rings. The highest BCUT2D eigenvalue weighted by atomic mass is 16.5. The summed E-state index contributed by atoms with van der Waals surface area (Å²) in [6.45, 7) is 3.92. The monoisotopic (exact) mass is 311 g/mol. The van der Waals surface area contributed by atoms with Crippen LogP contribution in [0.3, 0.4) is 0 Å². The number of fused-ring (bicyclic) bond motifs is 1. The van der Waals surface area contributed by atoms with Gasteiger partial charge in [0.1, 0.15) is 0 Å². The zero-order valence-corrected chi connectivity index (χ0v) is 13.6. The number of esters is 1. The summed E-state index contributed by atoms with van der Waals surface area (Å²) >= 11 is 0. The van der Waals surface area contributed by atoms with Crippen LogP contribution in [0.1, 0.15) is 54.2 Å². The summed E-state index contributed by atoms with van der Waals surface area (Å²) in [5.74, 6) is -0.368. The van der Waals surface area contributed by atoms with Crippen molar-refractivity contribution in [3.05, 3.63) is 41.1 Å². The maximum absolute atomic E-state index is 12.8. The number of carbonyl (C=O) groups excluding carboxylic acids is 2. The number of pyridine rings is 1. The number of Topliss-reactive ketones (excluding diaryl/α,β-unsaturated/α-hetero) is 1. The average Bonchev–Trinajstić information content (AvgIpc) is 2.56. The normalized spacial score (nSPS) is 18.2. The van der Waals surface area contributed by atoms with Gasteiger partial charge in [-0.2, -0.15) is 0 Å². The van der Waals surface area contributed by atoms with Gasteiger partial charge in [0.2, 0.25) is 0 Å². The number of hydrogen-bond donors (Lipinski definition) is 0. The largest absolute Gasteiger partial charge is 0.451 e. The van der Waals surface area contributed by atoms with Gasteiger partial charge in [-0.1, -0.05) is 25.1 Å². The number of para-hydroxylation sites is 1. The Morgan fingerprint density at radius 1 is 1.30 bits per heavy atom. The molecule has 0 spiro atoms. The second-order valence-electron chi connectivity index (χ2n) is 6.04. The molecule has 1 atom stereocenters. The van der Waals surface area contributed by atoms with Crippen LogP contribution in [-0.4, -0.2) is 22.8 Å². The molecule has 1 saturated carbocycles. The fourth-order valence-corrected chi connectivity index (χ4v) is 3.23. The molecule has 1 heterocycles. The predicted octanol–water partition coefficient (Wildman–Crippen LogP) is 3.77. The Morgan fingerprint density at radius 2 is 2.09 bits per heavy atom. The molecule has 1 aliphatic carbocycles. The third-order valence-corrected chi connectivity index (χ3v) is 4.52. The van der Waals surface area contributed by atoms with Crippen LogP contribution in [0, 0.1) is 6.92 Å². The molecule has 0 radical (unpaired) electrons. The number of ketones is 1. The lowest BCUT2D eigenvalue weighted by Crippen LogP contribution is -2.30. The van der Waals surface area contributed by atoms with Crippen molar-refractivity contribution in [1.82, 2.24) is 4.98 Å². The predicted molar refractivity (Wildman–Crippen MR) is 88.5 cm³/mol. The fraction of sp³-hybridized carbons (Fsp3) is 0.421. The van der Waals surface area contributed by atoms with E-state index in [1.807, 2.05) is 38.1 Å². The minimum atomic E-state index is -0.590. The van der Waals surface area contributed by atoms with Gasteiger partial charge in [0, 0.05) is 17.5 Å². The summed E-state index contributed by atoms with van der Waals surface area (Å²) in [6, 6.07) is 7.58. The first-order valence-electron chi connectivity index (χ1n) is 8.23. The maximum atomic E-state index is 12.8. The van der Waals surface area contributed by atoms with E-state index >= 15 is 0 Å². The number of nitrogens with zero attached hydrogens (tertiary/aromatic N) is 1. The molecule has 0 unspecified atom stereocenters. The summed E-state index contributed by atoms with van der Waals surface area (Å²) in [6.07, 6.45) is 3.12. The quantitative estimate of drug-likeness (QED) is 0.810. The van der Waals surface area contributed by atoms with Crippen LogP contribution in [0.2, 0.25) is 0 Å². The fourth-order valence-electron chi connectivity index (χ4n) is 3.23. The molecule has 2 aromatic rings. The van der Waals surface area contributed by atoms with Crippen LogP contribution < -0.4 is 0 Å². The van der Waals surface area contributed by atoms with Gasteiger partial charge < -0.3 is 4.74 Å². The minimum Gasteiger partial charge on any atom is -0.451 e.